The second kappa shape index (κ2) is 6.05. The second-order valence-corrected chi connectivity index (χ2v) is 4.90. The molecule has 0 spiro atoms. The number of halogens is 1. The van der Waals surface area contributed by atoms with E-state index < -0.39 is 0 Å². The highest BCUT2D eigenvalue weighted by Gasteiger charge is 2.29. The summed E-state index contributed by atoms with van der Waals surface area (Å²) in [6, 6.07) is 1.86. The van der Waals surface area contributed by atoms with E-state index in [0.29, 0.717) is 24.0 Å². The van der Waals surface area contributed by atoms with Crippen LogP contribution in [0.2, 0.25) is 0 Å². The Bertz CT molecular complexity index is 421. The number of hydrogen-bond acceptors (Lipinski definition) is 3. The van der Waals surface area contributed by atoms with Gasteiger partial charge in [0.2, 0.25) is 0 Å². The van der Waals surface area contributed by atoms with Gasteiger partial charge in [0.25, 0.3) is 5.91 Å². The van der Waals surface area contributed by atoms with E-state index in [9.17, 15) is 9.90 Å². The van der Waals surface area contributed by atoms with Crippen molar-refractivity contribution >= 4 is 17.5 Å². The van der Waals surface area contributed by atoms with Gasteiger partial charge in [-0.25, -0.2) is 0 Å². The molecule has 1 amide bonds. The highest BCUT2D eigenvalue weighted by molar-refractivity contribution is 6.17. The first-order valence-electron chi connectivity index (χ1n) is 6.24. The zero-order valence-corrected chi connectivity index (χ0v) is 10.9. The molecule has 1 aliphatic carbocycles. The third kappa shape index (κ3) is 2.75. The van der Waals surface area contributed by atoms with Crippen molar-refractivity contribution in [3.05, 3.63) is 24.0 Å². The van der Waals surface area contributed by atoms with Crippen molar-refractivity contribution in [3.63, 3.8) is 0 Å². The summed E-state index contributed by atoms with van der Waals surface area (Å²) in [5.41, 5.74) is 0.325. The molecule has 1 N–H and O–H groups in total. The standard InChI is InChI=1S/C13H17ClN2O2/c14-6-2-8-16(10-3-1-4-10)13(18)11-5-7-15-9-12(11)17/h5,7,9-10,17H,1-4,6,8H2. The predicted octanol–water partition coefficient (Wildman–Crippen LogP) is 2.41. The molecule has 0 unspecified atom stereocenters. The Morgan fingerprint density at radius 3 is 2.89 bits per heavy atom. The van der Waals surface area contributed by atoms with Crippen LogP contribution in [0.1, 0.15) is 36.0 Å². The number of carbonyl (C=O) groups excluding carboxylic acids is 1. The van der Waals surface area contributed by atoms with E-state index >= 15 is 0 Å². The van der Waals surface area contributed by atoms with E-state index in [4.69, 9.17) is 11.6 Å². The van der Waals surface area contributed by atoms with Crippen LogP contribution in [0.25, 0.3) is 0 Å². The maximum absolute atomic E-state index is 12.4. The van der Waals surface area contributed by atoms with E-state index in [2.05, 4.69) is 4.98 Å². The van der Waals surface area contributed by atoms with Gasteiger partial charge < -0.3 is 10.0 Å². The van der Waals surface area contributed by atoms with Gasteiger partial charge in [0, 0.05) is 24.7 Å². The number of aromatic hydroxyl groups is 1. The molecular weight excluding hydrogens is 252 g/mol. The van der Waals surface area contributed by atoms with Crippen molar-refractivity contribution in [2.45, 2.75) is 31.7 Å². The quantitative estimate of drug-likeness (QED) is 0.835. The molecule has 1 saturated carbocycles. The number of nitrogens with zero attached hydrogens (tertiary/aromatic N) is 2. The lowest BCUT2D eigenvalue weighted by Gasteiger charge is -2.37. The topological polar surface area (TPSA) is 53.4 Å². The van der Waals surface area contributed by atoms with Crippen LogP contribution in [-0.2, 0) is 0 Å². The number of aromatic nitrogens is 1. The van der Waals surface area contributed by atoms with E-state index in [1.54, 1.807) is 6.07 Å². The first kappa shape index (κ1) is 13.1. The van der Waals surface area contributed by atoms with Crippen molar-refractivity contribution in [3.8, 4) is 5.75 Å². The van der Waals surface area contributed by atoms with Gasteiger partial charge in [0.15, 0.2) is 0 Å². The number of amides is 1. The fraction of sp³-hybridized carbons (Fsp3) is 0.538. The SMILES string of the molecule is O=C(c1ccncc1O)N(CCCCl)C1CCC1. The summed E-state index contributed by atoms with van der Waals surface area (Å²) in [5.74, 6) is 0.362. The zero-order valence-electron chi connectivity index (χ0n) is 10.2. The predicted molar refractivity (Wildman–Crippen MR) is 69.9 cm³/mol. The zero-order chi connectivity index (χ0) is 13.0. The fourth-order valence-corrected chi connectivity index (χ4v) is 2.22. The molecule has 1 aromatic heterocycles. The van der Waals surface area contributed by atoms with Crippen molar-refractivity contribution < 1.29 is 9.90 Å². The maximum atomic E-state index is 12.4. The average Bonchev–Trinajstić information content (AvgIpc) is 2.32. The molecule has 0 saturated heterocycles. The van der Waals surface area contributed by atoms with Crippen LogP contribution < -0.4 is 0 Å². The molecule has 1 aromatic rings. The van der Waals surface area contributed by atoms with Gasteiger partial charge in [0.1, 0.15) is 5.75 Å². The molecule has 2 rings (SSSR count). The van der Waals surface area contributed by atoms with Crippen LogP contribution in [0.5, 0.6) is 5.75 Å². The lowest BCUT2D eigenvalue weighted by atomic mass is 9.91. The smallest absolute Gasteiger partial charge is 0.257 e. The Labute approximate surface area is 112 Å². The van der Waals surface area contributed by atoms with Gasteiger partial charge in [0.05, 0.1) is 11.8 Å². The molecule has 1 heterocycles. The molecule has 5 heteroatoms. The van der Waals surface area contributed by atoms with E-state index in [1.807, 2.05) is 4.90 Å². The molecule has 98 valence electrons. The molecule has 4 nitrogen and oxygen atoms in total. The summed E-state index contributed by atoms with van der Waals surface area (Å²) in [5, 5.41) is 9.69. The van der Waals surface area contributed by atoms with Gasteiger partial charge in [-0.3, -0.25) is 9.78 Å². The lowest BCUT2D eigenvalue weighted by molar-refractivity contribution is 0.0577. The maximum Gasteiger partial charge on any atom is 0.257 e. The Hall–Kier alpha value is -1.29. The van der Waals surface area contributed by atoms with Crippen LogP contribution in [0.15, 0.2) is 18.5 Å². The number of carbonyl (C=O) groups is 1. The van der Waals surface area contributed by atoms with Crippen LogP contribution in [-0.4, -0.2) is 39.4 Å². The summed E-state index contributed by atoms with van der Waals surface area (Å²) in [4.78, 5) is 18.0. The molecule has 0 radical (unpaired) electrons. The number of hydrogen-bond donors (Lipinski definition) is 1. The van der Waals surface area contributed by atoms with Gasteiger partial charge in [-0.05, 0) is 31.7 Å². The molecular formula is C13H17ClN2O2. The van der Waals surface area contributed by atoms with Gasteiger partial charge in [-0.2, -0.15) is 0 Å². The Morgan fingerprint density at radius 1 is 1.56 bits per heavy atom. The Kier molecular flexibility index (Phi) is 4.42. The number of alkyl halides is 1. The molecule has 1 aliphatic rings. The van der Waals surface area contributed by atoms with Crippen molar-refractivity contribution in [2.24, 2.45) is 0 Å². The molecule has 0 atom stereocenters. The van der Waals surface area contributed by atoms with Crippen LogP contribution >= 0.6 is 11.6 Å². The third-order valence-electron chi connectivity index (χ3n) is 3.34. The summed E-state index contributed by atoms with van der Waals surface area (Å²) in [7, 11) is 0. The first-order valence-corrected chi connectivity index (χ1v) is 6.77. The molecule has 0 bridgehead atoms. The molecule has 18 heavy (non-hydrogen) atoms. The number of pyridine rings is 1. The third-order valence-corrected chi connectivity index (χ3v) is 3.61. The van der Waals surface area contributed by atoms with E-state index in [1.165, 1.54) is 12.4 Å². The minimum absolute atomic E-state index is 0.0577. The van der Waals surface area contributed by atoms with Crippen LogP contribution in [0, 0.1) is 0 Å². The average molecular weight is 269 g/mol. The highest BCUT2D eigenvalue weighted by atomic mass is 35.5. The monoisotopic (exact) mass is 268 g/mol. The lowest BCUT2D eigenvalue weighted by Crippen LogP contribution is -2.44. The van der Waals surface area contributed by atoms with Gasteiger partial charge in [-0.1, -0.05) is 0 Å². The Morgan fingerprint density at radius 2 is 2.33 bits per heavy atom. The van der Waals surface area contributed by atoms with Crippen LogP contribution in [0.4, 0.5) is 0 Å². The molecule has 1 fully saturated rings. The minimum Gasteiger partial charge on any atom is -0.505 e. The fourth-order valence-electron chi connectivity index (χ4n) is 2.10. The van der Waals surface area contributed by atoms with Gasteiger partial charge >= 0.3 is 0 Å². The minimum atomic E-state index is -0.121. The van der Waals surface area contributed by atoms with Crippen molar-refractivity contribution in [2.75, 3.05) is 12.4 Å². The Balaban J connectivity index is 2.14. The molecule has 0 aromatic carbocycles. The number of rotatable bonds is 5. The largest absolute Gasteiger partial charge is 0.505 e. The molecule has 0 aliphatic heterocycles. The van der Waals surface area contributed by atoms with E-state index in [0.717, 1.165) is 25.7 Å². The first-order chi connectivity index (χ1) is 8.74. The second-order valence-electron chi connectivity index (χ2n) is 4.52. The van der Waals surface area contributed by atoms with Gasteiger partial charge in [-0.15, -0.1) is 11.6 Å². The van der Waals surface area contributed by atoms with Crippen LogP contribution in [0.3, 0.4) is 0 Å². The summed E-state index contributed by atoms with van der Waals surface area (Å²) in [6.45, 7) is 0.648. The highest BCUT2D eigenvalue weighted by Crippen LogP contribution is 2.28. The normalized spacial score (nSPS) is 15.2. The summed E-state index contributed by atoms with van der Waals surface area (Å²) < 4.78 is 0. The summed E-state index contributed by atoms with van der Waals surface area (Å²) >= 11 is 5.70. The van der Waals surface area contributed by atoms with Crippen molar-refractivity contribution in [1.29, 1.82) is 0 Å². The van der Waals surface area contributed by atoms with Crippen molar-refractivity contribution in [1.82, 2.24) is 9.88 Å². The van der Waals surface area contributed by atoms with E-state index in [-0.39, 0.29) is 11.7 Å². The summed E-state index contributed by atoms with van der Waals surface area (Å²) in [6.07, 6.45) is 6.84.